The number of rotatable bonds is 0. The molecule has 0 heterocycles. The van der Waals surface area contributed by atoms with Crippen molar-refractivity contribution in [3.8, 4) is 0 Å². The Morgan fingerprint density at radius 2 is 1.95 bits per heavy atom. The van der Waals surface area contributed by atoms with Crippen molar-refractivity contribution in [2.24, 2.45) is 28.6 Å². The van der Waals surface area contributed by atoms with Gasteiger partial charge in [-0.3, -0.25) is 0 Å². The summed E-state index contributed by atoms with van der Waals surface area (Å²) in [6.07, 6.45) is 15.0. The number of aliphatic hydroxyl groups is 1. The van der Waals surface area contributed by atoms with E-state index in [1.807, 2.05) is 0 Å². The first-order valence-corrected chi connectivity index (χ1v) is 9.53. The van der Waals surface area contributed by atoms with Crippen LogP contribution in [0.25, 0.3) is 0 Å². The highest BCUT2D eigenvalue weighted by Gasteiger charge is 2.55. The van der Waals surface area contributed by atoms with Crippen molar-refractivity contribution in [2.45, 2.75) is 78.2 Å². The van der Waals surface area contributed by atoms with E-state index < -0.39 is 0 Å². The predicted molar refractivity (Wildman–Crippen MR) is 91.5 cm³/mol. The first kappa shape index (κ1) is 15.0. The van der Waals surface area contributed by atoms with E-state index in [-0.39, 0.29) is 6.10 Å². The largest absolute Gasteiger partial charge is 0.393 e. The zero-order valence-electron chi connectivity index (χ0n) is 14.6. The van der Waals surface area contributed by atoms with Crippen LogP contribution in [-0.4, -0.2) is 11.2 Å². The number of aliphatic hydroxyl groups excluding tert-OH is 1. The van der Waals surface area contributed by atoms with Crippen LogP contribution in [0.2, 0.25) is 0 Å². The van der Waals surface area contributed by atoms with Crippen LogP contribution in [0.1, 0.15) is 72.1 Å². The average Bonchev–Trinajstić information content (AvgIpc) is 2.84. The lowest BCUT2D eigenvalue weighted by Gasteiger charge is -2.56. The van der Waals surface area contributed by atoms with Gasteiger partial charge in [-0.1, -0.05) is 37.1 Å². The Bertz CT molecular complexity index is 530. The summed E-state index contributed by atoms with van der Waals surface area (Å²) in [5.41, 5.74) is 4.36. The molecular formula is C21H32O. The van der Waals surface area contributed by atoms with Gasteiger partial charge in [0.25, 0.3) is 0 Å². The zero-order valence-corrected chi connectivity index (χ0v) is 14.6. The molecule has 4 aliphatic rings. The van der Waals surface area contributed by atoms with Crippen molar-refractivity contribution < 1.29 is 5.11 Å². The highest BCUT2D eigenvalue weighted by Crippen LogP contribution is 2.65. The topological polar surface area (TPSA) is 20.2 Å². The fourth-order valence-corrected chi connectivity index (χ4v) is 6.83. The third kappa shape index (κ3) is 1.87. The monoisotopic (exact) mass is 300 g/mol. The molecule has 1 N–H and O–H groups in total. The molecule has 6 atom stereocenters. The van der Waals surface area contributed by atoms with E-state index in [4.69, 9.17) is 0 Å². The molecule has 0 bridgehead atoms. The molecule has 22 heavy (non-hydrogen) atoms. The summed E-state index contributed by atoms with van der Waals surface area (Å²) >= 11 is 0. The van der Waals surface area contributed by atoms with Gasteiger partial charge in [0, 0.05) is 0 Å². The molecule has 0 spiro atoms. The first-order valence-electron chi connectivity index (χ1n) is 9.53. The SMILES string of the molecule is CC=C1CCC2C3CC[C@@H]4C[C@@H](O)CC[C@]4(C)C3=CC[C@]12C. The van der Waals surface area contributed by atoms with E-state index in [2.05, 4.69) is 32.9 Å². The molecule has 1 heteroatoms. The van der Waals surface area contributed by atoms with Crippen LogP contribution in [0.4, 0.5) is 0 Å². The van der Waals surface area contributed by atoms with Gasteiger partial charge in [0.1, 0.15) is 0 Å². The van der Waals surface area contributed by atoms with Gasteiger partial charge in [0.05, 0.1) is 6.10 Å². The molecule has 3 fully saturated rings. The summed E-state index contributed by atoms with van der Waals surface area (Å²) in [6.45, 7) is 7.30. The molecule has 0 amide bonds. The summed E-state index contributed by atoms with van der Waals surface area (Å²) < 4.78 is 0. The number of hydrogen-bond donors (Lipinski definition) is 1. The van der Waals surface area contributed by atoms with Gasteiger partial charge in [0.15, 0.2) is 0 Å². The highest BCUT2D eigenvalue weighted by molar-refractivity contribution is 5.34. The van der Waals surface area contributed by atoms with Crippen LogP contribution in [0.3, 0.4) is 0 Å². The Labute approximate surface area is 135 Å². The second-order valence-corrected chi connectivity index (χ2v) is 8.97. The fraction of sp³-hybridized carbons (Fsp3) is 0.810. The Kier molecular flexibility index (Phi) is 3.39. The molecule has 4 aliphatic carbocycles. The van der Waals surface area contributed by atoms with Crippen molar-refractivity contribution in [1.29, 1.82) is 0 Å². The summed E-state index contributed by atoms with van der Waals surface area (Å²) in [5, 5.41) is 10.1. The zero-order chi connectivity index (χ0) is 15.5. The van der Waals surface area contributed by atoms with Crippen molar-refractivity contribution in [1.82, 2.24) is 0 Å². The molecule has 0 saturated heterocycles. The van der Waals surface area contributed by atoms with Gasteiger partial charge in [-0.2, -0.15) is 0 Å². The van der Waals surface area contributed by atoms with Crippen molar-refractivity contribution >= 4 is 0 Å². The van der Waals surface area contributed by atoms with E-state index in [0.717, 1.165) is 30.6 Å². The summed E-state index contributed by atoms with van der Waals surface area (Å²) in [6, 6.07) is 0. The lowest BCUT2D eigenvalue weighted by molar-refractivity contribution is -0.00472. The molecule has 4 rings (SSSR count). The van der Waals surface area contributed by atoms with E-state index in [0.29, 0.717) is 10.8 Å². The molecule has 122 valence electrons. The standard InChI is InChI=1S/C21H32O/c1-4-14-6-8-18-17-7-5-15-13-16(22)9-11-21(15,3)19(17)10-12-20(14,18)2/h4,10,15-18,22H,5-9,11-13H2,1-3H3/t15-,16+,17?,18?,20-,21+/m1/s1. The summed E-state index contributed by atoms with van der Waals surface area (Å²) in [5.74, 6) is 2.43. The number of allylic oxidation sites excluding steroid dienone is 4. The van der Waals surface area contributed by atoms with Gasteiger partial charge in [-0.25, -0.2) is 0 Å². The van der Waals surface area contributed by atoms with Gasteiger partial charge in [0.2, 0.25) is 0 Å². The Balaban J connectivity index is 1.71. The normalized spacial score (nSPS) is 52.7. The minimum Gasteiger partial charge on any atom is -0.393 e. The van der Waals surface area contributed by atoms with Gasteiger partial charge in [-0.05, 0) is 86.9 Å². The minimum absolute atomic E-state index is 0.0369. The third-order valence-electron chi connectivity index (χ3n) is 8.20. The maximum atomic E-state index is 10.1. The molecule has 0 aromatic carbocycles. The quantitative estimate of drug-likeness (QED) is 0.605. The van der Waals surface area contributed by atoms with E-state index in [9.17, 15) is 5.11 Å². The van der Waals surface area contributed by atoms with E-state index >= 15 is 0 Å². The molecule has 0 aromatic heterocycles. The maximum absolute atomic E-state index is 10.1. The van der Waals surface area contributed by atoms with Gasteiger partial charge >= 0.3 is 0 Å². The van der Waals surface area contributed by atoms with Crippen LogP contribution in [0.15, 0.2) is 23.3 Å². The molecule has 3 saturated carbocycles. The molecule has 0 radical (unpaired) electrons. The smallest absolute Gasteiger partial charge is 0.0543 e. The molecule has 0 aromatic rings. The Morgan fingerprint density at radius 3 is 2.73 bits per heavy atom. The maximum Gasteiger partial charge on any atom is 0.0543 e. The van der Waals surface area contributed by atoms with E-state index in [1.165, 1.54) is 38.5 Å². The molecular weight excluding hydrogens is 268 g/mol. The molecule has 0 aliphatic heterocycles. The van der Waals surface area contributed by atoms with Crippen LogP contribution in [0, 0.1) is 28.6 Å². The Hall–Kier alpha value is -0.560. The van der Waals surface area contributed by atoms with E-state index in [1.54, 1.807) is 11.1 Å². The lowest BCUT2D eigenvalue weighted by atomic mass is 9.49. The van der Waals surface area contributed by atoms with Crippen LogP contribution < -0.4 is 0 Å². The van der Waals surface area contributed by atoms with Crippen LogP contribution in [-0.2, 0) is 0 Å². The second kappa shape index (κ2) is 4.97. The second-order valence-electron chi connectivity index (χ2n) is 8.97. The van der Waals surface area contributed by atoms with Crippen molar-refractivity contribution in [3.05, 3.63) is 23.3 Å². The average molecular weight is 300 g/mol. The number of hydrogen-bond acceptors (Lipinski definition) is 1. The molecule has 2 unspecified atom stereocenters. The minimum atomic E-state index is -0.0369. The molecule has 1 nitrogen and oxygen atoms in total. The van der Waals surface area contributed by atoms with Crippen molar-refractivity contribution in [3.63, 3.8) is 0 Å². The van der Waals surface area contributed by atoms with Crippen LogP contribution in [0.5, 0.6) is 0 Å². The lowest BCUT2D eigenvalue weighted by Crippen LogP contribution is -2.47. The highest BCUT2D eigenvalue weighted by atomic mass is 16.3. The third-order valence-corrected chi connectivity index (χ3v) is 8.20. The number of fused-ring (bicyclic) bond motifs is 5. The van der Waals surface area contributed by atoms with Gasteiger partial charge < -0.3 is 5.11 Å². The summed E-state index contributed by atoms with van der Waals surface area (Å²) in [7, 11) is 0. The first-order chi connectivity index (χ1) is 10.5. The fourth-order valence-electron chi connectivity index (χ4n) is 6.83. The predicted octanol–water partition coefficient (Wildman–Crippen LogP) is 5.26. The van der Waals surface area contributed by atoms with Crippen LogP contribution >= 0.6 is 0 Å². The van der Waals surface area contributed by atoms with Crippen molar-refractivity contribution in [2.75, 3.05) is 0 Å². The summed E-state index contributed by atoms with van der Waals surface area (Å²) in [4.78, 5) is 0. The Morgan fingerprint density at radius 1 is 1.14 bits per heavy atom. The van der Waals surface area contributed by atoms with Gasteiger partial charge in [-0.15, -0.1) is 0 Å².